The SMILES string of the molecule is CCCCCCCCCCCCCCCCCCCCCCCCCCCCCCCCCCCCC(C)(C)C. The van der Waals surface area contributed by atoms with Gasteiger partial charge in [-0.3, -0.25) is 0 Å². The molecule has 0 aliphatic rings. The van der Waals surface area contributed by atoms with Gasteiger partial charge in [-0.1, -0.05) is 246 Å². The molecule has 0 aromatic carbocycles. The predicted octanol–water partition coefficient (Wildman–Crippen LogP) is 15.7. The summed E-state index contributed by atoms with van der Waals surface area (Å²) in [5, 5.41) is 0. The van der Waals surface area contributed by atoms with E-state index in [1.54, 1.807) is 0 Å². The summed E-state index contributed by atoms with van der Waals surface area (Å²) in [5.74, 6) is 0. The summed E-state index contributed by atoms with van der Waals surface area (Å²) >= 11 is 0. The Bertz CT molecular complexity index is 430. The molecular weight excluding hydrogens is 480 g/mol. The number of rotatable bonds is 34. The molecule has 0 aromatic rings. The first kappa shape index (κ1) is 40.0. The standard InChI is InChI=1S/C40H82/c1-5-6-7-8-9-10-11-12-13-14-15-16-17-18-19-20-21-22-23-24-25-26-27-28-29-30-31-32-33-34-35-36-37-38-39-40(2,3)4/h5-39H2,1-4H3. The molecule has 0 heteroatoms. The normalized spacial score (nSPS) is 12.0. The van der Waals surface area contributed by atoms with Crippen molar-refractivity contribution in [3.05, 3.63) is 0 Å². The molecule has 0 unspecified atom stereocenters. The molecule has 0 spiro atoms. The molecule has 0 rings (SSSR count). The Morgan fingerprint density at radius 1 is 0.225 bits per heavy atom. The second-order valence-corrected chi connectivity index (χ2v) is 15.0. The summed E-state index contributed by atoms with van der Waals surface area (Å²) in [5.41, 5.74) is 0.533. The van der Waals surface area contributed by atoms with Crippen molar-refractivity contribution in [3.63, 3.8) is 0 Å². The van der Waals surface area contributed by atoms with Crippen LogP contribution in [0.25, 0.3) is 0 Å². The Balaban J connectivity index is 3.04. The van der Waals surface area contributed by atoms with Crippen molar-refractivity contribution in [1.29, 1.82) is 0 Å². The lowest BCUT2D eigenvalue weighted by atomic mass is 9.89. The molecule has 0 fully saturated rings. The summed E-state index contributed by atoms with van der Waals surface area (Å²) in [6.07, 6.45) is 51.8. The van der Waals surface area contributed by atoms with E-state index in [9.17, 15) is 0 Å². The molecule has 0 aliphatic carbocycles. The maximum Gasteiger partial charge on any atom is -0.0383 e. The van der Waals surface area contributed by atoms with Crippen molar-refractivity contribution >= 4 is 0 Å². The maximum absolute atomic E-state index is 2.37. The summed E-state index contributed by atoms with van der Waals surface area (Å²) in [7, 11) is 0. The highest BCUT2D eigenvalue weighted by Crippen LogP contribution is 2.23. The molecule has 0 amide bonds. The minimum absolute atomic E-state index is 0.533. The van der Waals surface area contributed by atoms with E-state index in [4.69, 9.17) is 0 Å². The molecule has 0 aromatic heterocycles. The first-order valence-electron chi connectivity index (χ1n) is 19.6. The van der Waals surface area contributed by atoms with Crippen LogP contribution in [0.3, 0.4) is 0 Å². The van der Waals surface area contributed by atoms with Crippen LogP contribution in [-0.4, -0.2) is 0 Å². The largest absolute Gasteiger partial charge is 0.0654 e. The molecule has 0 nitrogen and oxygen atoms in total. The second-order valence-electron chi connectivity index (χ2n) is 15.0. The van der Waals surface area contributed by atoms with Crippen LogP contribution in [-0.2, 0) is 0 Å². The molecule has 0 saturated heterocycles. The minimum Gasteiger partial charge on any atom is -0.0654 e. The van der Waals surface area contributed by atoms with E-state index in [2.05, 4.69) is 27.7 Å². The smallest absolute Gasteiger partial charge is 0.0383 e. The zero-order valence-electron chi connectivity index (χ0n) is 29.2. The van der Waals surface area contributed by atoms with Gasteiger partial charge in [-0.2, -0.15) is 0 Å². The van der Waals surface area contributed by atoms with Crippen molar-refractivity contribution in [2.24, 2.45) is 5.41 Å². The van der Waals surface area contributed by atoms with Gasteiger partial charge < -0.3 is 0 Å². The molecule has 40 heavy (non-hydrogen) atoms. The van der Waals surface area contributed by atoms with Gasteiger partial charge in [0.2, 0.25) is 0 Å². The third-order valence-corrected chi connectivity index (χ3v) is 9.28. The zero-order valence-corrected chi connectivity index (χ0v) is 29.2. The maximum atomic E-state index is 2.37. The Morgan fingerprint density at radius 2 is 0.375 bits per heavy atom. The molecule has 0 bridgehead atoms. The van der Waals surface area contributed by atoms with Crippen LogP contribution >= 0.6 is 0 Å². The van der Waals surface area contributed by atoms with Crippen LogP contribution in [0, 0.1) is 5.41 Å². The molecular formula is C40H82. The van der Waals surface area contributed by atoms with Crippen LogP contribution in [0.1, 0.15) is 252 Å². The fourth-order valence-electron chi connectivity index (χ4n) is 6.39. The van der Waals surface area contributed by atoms with E-state index >= 15 is 0 Å². The third kappa shape index (κ3) is 38.0. The lowest BCUT2D eigenvalue weighted by molar-refractivity contribution is 0.356. The molecule has 0 heterocycles. The van der Waals surface area contributed by atoms with Gasteiger partial charge in [-0.25, -0.2) is 0 Å². The summed E-state index contributed by atoms with van der Waals surface area (Å²) in [6, 6.07) is 0. The quantitative estimate of drug-likeness (QED) is 0.0684. The van der Waals surface area contributed by atoms with Gasteiger partial charge in [-0.05, 0) is 11.8 Å². The molecule has 0 N–H and O–H groups in total. The van der Waals surface area contributed by atoms with Gasteiger partial charge in [0.25, 0.3) is 0 Å². The Morgan fingerprint density at radius 3 is 0.525 bits per heavy atom. The Labute approximate surface area is 257 Å². The van der Waals surface area contributed by atoms with Gasteiger partial charge in [0, 0.05) is 0 Å². The Hall–Kier alpha value is 0. The third-order valence-electron chi connectivity index (χ3n) is 9.28. The number of hydrogen-bond donors (Lipinski definition) is 0. The molecule has 0 radical (unpaired) electrons. The van der Waals surface area contributed by atoms with E-state index in [0.29, 0.717) is 5.41 Å². The van der Waals surface area contributed by atoms with Crippen molar-refractivity contribution in [2.75, 3.05) is 0 Å². The summed E-state index contributed by atoms with van der Waals surface area (Å²) in [4.78, 5) is 0. The lowest BCUT2D eigenvalue weighted by Gasteiger charge is -2.17. The van der Waals surface area contributed by atoms with Gasteiger partial charge in [-0.15, -0.1) is 0 Å². The summed E-state index contributed by atoms with van der Waals surface area (Å²) in [6.45, 7) is 9.42. The first-order valence-corrected chi connectivity index (χ1v) is 19.6. The van der Waals surface area contributed by atoms with Crippen molar-refractivity contribution < 1.29 is 0 Å². The first-order chi connectivity index (χ1) is 19.6. The van der Waals surface area contributed by atoms with Crippen LogP contribution in [0.2, 0.25) is 0 Å². The highest BCUT2D eigenvalue weighted by Gasteiger charge is 2.08. The van der Waals surface area contributed by atoms with Gasteiger partial charge in [0.1, 0.15) is 0 Å². The van der Waals surface area contributed by atoms with Gasteiger partial charge >= 0.3 is 0 Å². The molecule has 0 aliphatic heterocycles. The van der Waals surface area contributed by atoms with Crippen molar-refractivity contribution in [2.45, 2.75) is 252 Å². The zero-order chi connectivity index (χ0) is 29.2. The molecule has 0 atom stereocenters. The topological polar surface area (TPSA) is 0 Å². The van der Waals surface area contributed by atoms with Crippen LogP contribution in [0.15, 0.2) is 0 Å². The lowest BCUT2D eigenvalue weighted by Crippen LogP contribution is -2.03. The molecule has 242 valence electrons. The van der Waals surface area contributed by atoms with Crippen molar-refractivity contribution in [3.8, 4) is 0 Å². The van der Waals surface area contributed by atoms with E-state index in [-0.39, 0.29) is 0 Å². The van der Waals surface area contributed by atoms with E-state index in [1.807, 2.05) is 0 Å². The van der Waals surface area contributed by atoms with Crippen molar-refractivity contribution in [1.82, 2.24) is 0 Å². The van der Waals surface area contributed by atoms with Crippen LogP contribution in [0.4, 0.5) is 0 Å². The second kappa shape index (κ2) is 33.5. The number of hydrogen-bond acceptors (Lipinski definition) is 0. The summed E-state index contributed by atoms with van der Waals surface area (Å²) < 4.78 is 0. The van der Waals surface area contributed by atoms with Gasteiger partial charge in [0.05, 0.1) is 0 Å². The monoisotopic (exact) mass is 563 g/mol. The van der Waals surface area contributed by atoms with E-state index in [0.717, 1.165) is 0 Å². The van der Waals surface area contributed by atoms with Crippen LogP contribution in [0.5, 0.6) is 0 Å². The fourth-order valence-corrected chi connectivity index (χ4v) is 6.39. The molecule has 0 saturated carbocycles. The van der Waals surface area contributed by atoms with Crippen LogP contribution < -0.4 is 0 Å². The average molecular weight is 563 g/mol. The van der Waals surface area contributed by atoms with E-state index in [1.165, 1.54) is 225 Å². The van der Waals surface area contributed by atoms with Gasteiger partial charge in [0.15, 0.2) is 0 Å². The Kier molecular flexibility index (Phi) is 33.5. The highest BCUT2D eigenvalue weighted by molar-refractivity contribution is 4.61. The average Bonchev–Trinajstić information content (AvgIpc) is 2.92. The predicted molar refractivity (Wildman–Crippen MR) is 187 cm³/mol. The fraction of sp³-hybridized carbons (Fsp3) is 1.00. The highest BCUT2D eigenvalue weighted by atomic mass is 14.1. The minimum atomic E-state index is 0.533. The number of unbranched alkanes of at least 4 members (excludes halogenated alkanes) is 33. The van der Waals surface area contributed by atoms with E-state index < -0.39 is 0 Å².